The van der Waals surface area contributed by atoms with Crippen molar-refractivity contribution in [1.82, 2.24) is 24.5 Å². The second-order valence-electron chi connectivity index (χ2n) is 7.00. The predicted octanol–water partition coefficient (Wildman–Crippen LogP) is 3.45. The first-order chi connectivity index (χ1) is 13.2. The minimum atomic E-state index is -0.102. The zero-order valence-corrected chi connectivity index (χ0v) is 16.6. The van der Waals surface area contributed by atoms with Crippen molar-refractivity contribution in [2.75, 3.05) is 13.1 Å². The van der Waals surface area contributed by atoms with Gasteiger partial charge in [0, 0.05) is 17.7 Å². The van der Waals surface area contributed by atoms with Crippen LogP contribution in [-0.4, -0.2) is 37.6 Å². The summed E-state index contributed by atoms with van der Waals surface area (Å²) in [5.41, 5.74) is 1.75. The van der Waals surface area contributed by atoms with Crippen molar-refractivity contribution in [2.24, 2.45) is 0 Å². The maximum absolute atomic E-state index is 12.0. The molecule has 3 aromatic heterocycles. The van der Waals surface area contributed by atoms with Crippen LogP contribution in [0.5, 0.6) is 0 Å². The van der Waals surface area contributed by atoms with Crippen molar-refractivity contribution in [2.45, 2.75) is 32.2 Å². The zero-order chi connectivity index (χ0) is 18.4. The van der Waals surface area contributed by atoms with Gasteiger partial charge < -0.3 is 0 Å². The first-order valence-corrected chi connectivity index (χ1v) is 10.7. The van der Waals surface area contributed by atoms with E-state index >= 15 is 0 Å². The van der Waals surface area contributed by atoms with Gasteiger partial charge in [-0.3, -0.25) is 9.69 Å². The average Bonchev–Trinajstić information content (AvgIpc) is 3.26. The molecule has 1 fully saturated rings. The quantitative estimate of drug-likeness (QED) is 0.530. The summed E-state index contributed by atoms with van der Waals surface area (Å²) in [5, 5.41) is 6.68. The Labute approximate surface area is 164 Å². The Morgan fingerprint density at radius 1 is 1.15 bits per heavy atom. The van der Waals surface area contributed by atoms with Gasteiger partial charge in [0.05, 0.1) is 21.8 Å². The van der Waals surface area contributed by atoms with Gasteiger partial charge in [0.1, 0.15) is 5.01 Å². The van der Waals surface area contributed by atoms with Crippen LogP contribution in [0.4, 0.5) is 0 Å². The van der Waals surface area contributed by atoms with E-state index in [1.54, 1.807) is 0 Å². The van der Waals surface area contributed by atoms with Crippen LogP contribution < -0.4 is 5.56 Å². The number of hydrogen-bond donors (Lipinski definition) is 0. The number of fused-ring (bicyclic) bond motifs is 2. The van der Waals surface area contributed by atoms with E-state index in [2.05, 4.69) is 33.2 Å². The molecule has 0 radical (unpaired) electrons. The minimum absolute atomic E-state index is 0.102. The molecule has 1 aliphatic rings. The molecule has 0 saturated carbocycles. The fourth-order valence-electron chi connectivity index (χ4n) is 3.62. The summed E-state index contributed by atoms with van der Waals surface area (Å²) in [5.74, 6) is 0.543. The highest BCUT2D eigenvalue weighted by atomic mass is 32.1. The van der Waals surface area contributed by atoms with Gasteiger partial charge in [-0.05, 0) is 45.0 Å². The molecule has 5 rings (SSSR count). The molecule has 0 atom stereocenters. The van der Waals surface area contributed by atoms with Gasteiger partial charge in [0.15, 0.2) is 0 Å². The molecule has 138 valence electrons. The fraction of sp³-hybridized carbons (Fsp3) is 0.368. The standard InChI is InChI=1S/C19H19N5OS2/c1-12-10-17(25)24-19(20-12)27-16(22-24)11-23-8-6-13(7-9-23)18-21-14-4-2-3-5-15(14)26-18/h2-5,10,13H,6-9,11H2,1H3. The molecule has 1 aromatic carbocycles. The first kappa shape index (κ1) is 17.0. The summed E-state index contributed by atoms with van der Waals surface area (Å²) in [6.45, 7) is 4.67. The van der Waals surface area contributed by atoms with Crippen molar-refractivity contribution in [3.05, 3.63) is 56.4 Å². The van der Waals surface area contributed by atoms with Crippen LogP contribution in [0.25, 0.3) is 15.2 Å². The Balaban J connectivity index is 1.28. The zero-order valence-electron chi connectivity index (χ0n) is 15.0. The van der Waals surface area contributed by atoms with E-state index in [0.717, 1.165) is 48.7 Å². The average molecular weight is 398 g/mol. The highest BCUT2D eigenvalue weighted by Crippen LogP contribution is 2.34. The molecule has 0 N–H and O–H groups in total. The van der Waals surface area contributed by atoms with Crippen LogP contribution in [0.3, 0.4) is 0 Å². The van der Waals surface area contributed by atoms with E-state index in [0.29, 0.717) is 10.9 Å². The molecule has 1 aliphatic heterocycles. The Bertz CT molecular complexity index is 1140. The van der Waals surface area contributed by atoms with Crippen LogP contribution in [0.15, 0.2) is 35.1 Å². The number of thiazole rings is 1. The number of piperidine rings is 1. The molecule has 0 unspecified atom stereocenters. The monoisotopic (exact) mass is 397 g/mol. The number of benzene rings is 1. The van der Waals surface area contributed by atoms with Gasteiger partial charge in [-0.1, -0.05) is 23.5 Å². The lowest BCUT2D eigenvalue weighted by molar-refractivity contribution is 0.204. The Morgan fingerprint density at radius 2 is 1.96 bits per heavy atom. The van der Waals surface area contributed by atoms with Gasteiger partial charge >= 0.3 is 0 Å². The maximum Gasteiger partial charge on any atom is 0.275 e. The molecule has 0 amide bonds. The predicted molar refractivity (Wildman–Crippen MR) is 109 cm³/mol. The molecule has 0 bridgehead atoms. The highest BCUT2D eigenvalue weighted by Gasteiger charge is 2.24. The topological polar surface area (TPSA) is 63.4 Å². The molecule has 4 heterocycles. The number of nitrogens with zero attached hydrogens (tertiary/aromatic N) is 5. The number of para-hydroxylation sites is 1. The van der Waals surface area contributed by atoms with Crippen molar-refractivity contribution in [3.63, 3.8) is 0 Å². The van der Waals surface area contributed by atoms with E-state index in [4.69, 9.17) is 4.98 Å². The van der Waals surface area contributed by atoms with Crippen molar-refractivity contribution in [3.8, 4) is 0 Å². The Morgan fingerprint density at radius 3 is 2.78 bits per heavy atom. The second-order valence-corrected chi connectivity index (χ2v) is 9.10. The summed E-state index contributed by atoms with van der Waals surface area (Å²) < 4.78 is 2.69. The first-order valence-electron chi connectivity index (χ1n) is 9.10. The van der Waals surface area contributed by atoms with Crippen LogP contribution in [0.2, 0.25) is 0 Å². The summed E-state index contributed by atoms with van der Waals surface area (Å²) in [6.07, 6.45) is 2.23. The normalized spacial score (nSPS) is 16.5. The largest absolute Gasteiger partial charge is 0.297 e. The molecule has 8 heteroatoms. The number of aromatic nitrogens is 4. The lowest BCUT2D eigenvalue weighted by Gasteiger charge is -2.30. The third-order valence-corrected chi connectivity index (χ3v) is 7.11. The Kier molecular flexibility index (Phi) is 4.26. The molecule has 27 heavy (non-hydrogen) atoms. The summed E-state index contributed by atoms with van der Waals surface area (Å²) in [7, 11) is 0. The lowest BCUT2D eigenvalue weighted by Crippen LogP contribution is -2.32. The molecular weight excluding hydrogens is 378 g/mol. The smallest absolute Gasteiger partial charge is 0.275 e. The van der Waals surface area contributed by atoms with Gasteiger partial charge in [0.25, 0.3) is 5.56 Å². The van der Waals surface area contributed by atoms with Crippen LogP contribution in [0, 0.1) is 6.92 Å². The van der Waals surface area contributed by atoms with Crippen LogP contribution in [0.1, 0.15) is 34.5 Å². The Hall–Kier alpha value is -2.16. The minimum Gasteiger partial charge on any atom is -0.297 e. The second kappa shape index (κ2) is 6.78. The molecule has 0 spiro atoms. The van der Waals surface area contributed by atoms with E-state index in [-0.39, 0.29) is 5.56 Å². The summed E-state index contributed by atoms with van der Waals surface area (Å²) in [4.78, 5) is 24.4. The lowest BCUT2D eigenvalue weighted by atomic mass is 9.97. The van der Waals surface area contributed by atoms with Gasteiger partial charge in [-0.25, -0.2) is 9.97 Å². The molecule has 0 aliphatic carbocycles. The highest BCUT2D eigenvalue weighted by molar-refractivity contribution is 7.18. The van der Waals surface area contributed by atoms with E-state index in [1.165, 1.54) is 31.6 Å². The molecule has 1 saturated heterocycles. The number of hydrogen-bond acceptors (Lipinski definition) is 7. The van der Waals surface area contributed by atoms with E-state index in [1.807, 2.05) is 24.3 Å². The van der Waals surface area contributed by atoms with Crippen molar-refractivity contribution >= 4 is 37.9 Å². The molecule has 4 aromatic rings. The van der Waals surface area contributed by atoms with Gasteiger partial charge in [0.2, 0.25) is 4.96 Å². The van der Waals surface area contributed by atoms with Crippen molar-refractivity contribution in [1.29, 1.82) is 0 Å². The molecule has 6 nitrogen and oxygen atoms in total. The third kappa shape index (κ3) is 3.28. The SMILES string of the molecule is Cc1cc(=O)n2nc(CN3CCC(c4nc5ccccc5s4)CC3)sc2n1. The van der Waals surface area contributed by atoms with E-state index in [9.17, 15) is 4.79 Å². The molecular formula is C19H19N5OS2. The van der Waals surface area contributed by atoms with Crippen molar-refractivity contribution < 1.29 is 0 Å². The number of rotatable bonds is 3. The van der Waals surface area contributed by atoms with Gasteiger partial charge in [-0.15, -0.1) is 11.3 Å². The third-order valence-electron chi connectivity index (χ3n) is 5.02. The summed E-state index contributed by atoms with van der Waals surface area (Å²) in [6, 6.07) is 9.90. The number of likely N-dealkylation sites (tertiary alicyclic amines) is 1. The number of aryl methyl sites for hydroxylation is 1. The summed E-state index contributed by atoms with van der Waals surface area (Å²) >= 11 is 3.34. The fourth-order valence-corrected chi connectivity index (χ4v) is 5.74. The maximum atomic E-state index is 12.0. The van der Waals surface area contributed by atoms with E-state index < -0.39 is 0 Å². The van der Waals surface area contributed by atoms with Crippen LogP contribution in [-0.2, 0) is 6.54 Å². The van der Waals surface area contributed by atoms with Gasteiger partial charge in [-0.2, -0.15) is 9.61 Å². The van der Waals surface area contributed by atoms with Crippen LogP contribution >= 0.6 is 22.7 Å².